The standard InChI is InChI=1S/C14H28N2O2/c1-6-12-11(2)10-16(9-7-8-15-12)13(17)18-14(3,4)5/h11-12,15H,6-10H2,1-5H3. The van der Waals surface area contributed by atoms with Crippen molar-refractivity contribution in [2.75, 3.05) is 19.6 Å². The van der Waals surface area contributed by atoms with E-state index in [1.165, 1.54) is 0 Å². The molecule has 1 N–H and O–H groups in total. The number of carbonyl (C=O) groups is 1. The van der Waals surface area contributed by atoms with E-state index in [1.54, 1.807) is 0 Å². The van der Waals surface area contributed by atoms with Crippen LogP contribution in [0.3, 0.4) is 0 Å². The molecule has 4 nitrogen and oxygen atoms in total. The molecule has 0 saturated carbocycles. The van der Waals surface area contributed by atoms with Crippen LogP contribution in [0.25, 0.3) is 0 Å². The molecule has 18 heavy (non-hydrogen) atoms. The van der Waals surface area contributed by atoms with Crippen molar-refractivity contribution in [1.29, 1.82) is 0 Å². The molecule has 1 heterocycles. The Morgan fingerprint density at radius 1 is 1.44 bits per heavy atom. The van der Waals surface area contributed by atoms with E-state index >= 15 is 0 Å². The second kappa shape index (κ2) is 6.41. The maximum absolute atomic E-state index is 12.1. The molecule has 1 fully saturated rings. The van der Waals surface area contributed by atoms with E-state index in [0.29, 0.717) is 12.0 Å². The third-order valence-electron chi connectivity index (χ3n) is 3.30. The molecule has 0 aromatic heterocycles. The van der Waals surface area contributed by atoms with E-state index in [1.807, 2.05) is 25.7 Å². The van der Waals surface area contributed by atoms with E-state index in [9.17, 15) is 4.79 Å². The smallest absolute Gasteiger partial charge is 0.410 e. The molecule has 0 spiro atoms. The fourth-order valence-corrected chi connectivity index (χ4v) is 2.36. The second-order valence-corrected chi connectivity index (χ2v) is 6.23. The van der Waals surface area contributed by atoms with Gasteiger partial charge in [0.15, 0.2) is 0 Å². The fraction of sp³-hybridized carbons (Fsp3) is 0.929. The Morgan fingerprint density at radius 2 is 2.11 bits per heavy atom. The van der Waals surface area contributed by atoms with Crippen LogP contribution in [-0.2, 0) is 4.74 Å². The second-order valence-electron chi connectivity index (χ2n) is 6.23. The fourth-order valence-electron chi connectivity index (χ4n) is 2.36. The van der Waals surface area contributed by atoms with Crippen LogP contribution in [0.15, 0.2) is 0 Å². The Balaban J connectivity index is 2.61. The molecule has 2 unspecified atom stereocenters. The summed E-state index contributed by atoms with van der Waals surface area (Å²) in [6, 6.07) is 0.496. The predicted octanol–water partition coefficient (Wildman–Crippen LogP) is 2.63. The normalized spacial score (nSPS) is 26.4. The first-order valence-corrected chi connectivity index (χ1v) is 7.04. The lowest BCUT2D eigenvalue weighted by Crippen LogP contribution is -2.48. The molecule has 1 aliphatic heterocycles. The first-order valence-electron chi connectivity index (χ1n) is 7.04. The first kappa shape index (κ1) is 15.3. The third kappa shape index (κ3) is 4.84. The van der Waals surface area contributed by atoms with Gasteiger partial charge in [0.2, 0.25) is 0 Å². The van der Waals surface area contributed by atoms with Crippen LogP contribution in [0.1, 0.15) is 47.5 Å². The minimum absolute atomic E-state index is 0.175. The third-order valence-corrected chi connectivity index (χ3v) is 3.30. The van der Waals surface area contributed by atoms with Crippen molar-refractivity contribution in [1.82, 2.24) is 10.2 Å². The zero-order chi connectivity index (χ0) is 13.8. The largest absolute Gasteiger partial charge is 0.444 e. The van der Waals surface area contributed by atoms with Gasteiger partial charge in [0.1, 0.15) is 5.60 Å². The van der Waals surface area contributed by atoms with Gasteiger partial charge in [0, 0.05) is 19.1 Å². The number of nitrogens with one attached hydrogen (secondary N) is 1. The lowest BCUT2D eigenvalue weighted by Gasteiger charge is -2.34. The highest BCUT2D eigenvalue weighted by atomic mass is 16.6. The first-order chi connectivity index (χ1) is 8.33. The molecule has 1 rings (SSSR count). The maximum Gasteiger partial charge on any atom is 0.410 e. The number of rotatable bonds is 1. The van der Waals surface area contributed by atoms with Gasteiger partial charge in [-0.3, -0.25) is 0 Å². The van der Waals surface area contributed by atoms with Crippen LogP contribution in [0.5, 0.6) is 0 Å². The zero-order valence-corrected chi connectivity index (χ0v) is 12.5. The molecular weight excluding hydrogens is 228 g/mol. The van der Waals surface area contributed by atoms with E-state index in [0.717, 1.165) is 32.5 Å². The monoisotopic (exact) mass is 256 g/mol. The number of ether oxygens (including phenoxy) is 1. The topological polar surface area (TPSA) is 41.6 Å². The minimum Gasteiger partial charge on any atom is -0.444 e. The Bertz CT molecular complexity index is 273. The molecule has 0 bridgehead atoms. The van der Waals surface area contributed by atoms with Crippen molar-refractivity contribution in [3.8, 4) is 0 Å². The molecule has 1 amide bonds. The summed E-state index contributed by atoms with van der Waals surface area (Å²) in [6.07, 6.45) is 1.91. The number of hydrogen-bond donors (Lipinski definition) is 1. The summed E-state index contributed by atoms with van der Waals surface area (Å²) in [4.78, 5) is 14.0. The molecule has 0 aliphatic carbocycles. The molecule has 0 aromatic rings. The molecular formula is C14H28N2O2. The molecule has 4 heteroatoms. The number of amides is 1. The summed E-state index contributed by atoms with van der Waals surface area (Å²) in [5.41, 5.74) is -0.412. The molecule has 1 aliphatic rings. The van der Waals surface area contributed by atoms with E-state index in [2.05, 4.69) is 19.2 Å². The highest BCUT2D eigenvalue weighted by Crippen LogP contribution is 2.16. The van der Waals surface area contributed by atoms with Crippen LogP contribution in [0.4, 0.5) is 4.79 Å². The van der Waals surface area contributed by atoms with Crippen LogP contribution in [0, 0.1) is 5.92 Å². The van der Waals surface area contributed by atoms with E-state index in [-0.39, 0.29) is 6.09 Å². The summed E-state index contributed by atoms with van der Waals surface area (Å²) in [7, 11) is 0. The van der Waals surface area contributed by atoms with Gasteiger partial charge in [-0.1, -0.05) is 13.8 Å². The summed E-state index contributed by atoms with van der Waals surface area (Å²) >= 11 is 0. The molecule has 106 valence electrons. The highest BCUT2D eigenvalue weighted by molar-refractivity contribution is 5.68. The summed E-state index contributed by atoms with van der Waals surface area (Å²) in [5, 5.41) is 3.55. The van der Waals surface area contributed by atoms with Gasteiger partial charge in [0.05, 0.1) is 0 Å². The number of hydrogen-bond acceptors (Lipinski definition) is 3. The van der Waals surface area contributed by atoms with Crippen molar-refractivity contribution in [3.63, 3.8) is 0 Å². The molecule has 1 saturated heterocycles. The van der Waals surface area contributed by atoms with Crippen molar-refractivity contribution in [2.24, 2.45) is 5.92 Å². The summed E-state index contributed by atoms with van der Waals surface area (Å²) < 4.78 is 5.46. The van der Waals surface area contributed by atoms with Gasteiger partial charge >= 0.3 is 6.09 Å². The van der Waals surface area contributed by atoms with Crippen LogP contribution in [-0.4, -0.2) is 42.3 Å². The minimum atomic E-state index is -0.412. The molecule has 0 aromatic carbocycles. The lowest BCUT2D eigenvalue weighted by molar-refractivity contribution is 0.0196. The van der Waals surface area contributed by atoms with Crippen molar-refractivity contribution < 1.29 is 9.53 Å². The van der Waals surface area contributed by atoms with Crippen molar-refractivity contribution in [2.45, 2.75) is 59.1 Å². The van der Waals surface area contributed by atoms with Crippen molar-refractivity contribution >= 4 is 6.09 Å². The summed E-state index contributed by atoms with van der Waals surface area (Å²) in [5.74, 6) is 0.461. The van der Waals surface area contributed by atoms with Gasteiger partial charge in [0.25, 0.3) is 0 Å². The maximum atomic E-state index is 12.1. The van der Waals surface area contributed by atoms with E-state index < -0.39 is 5.60 Å². The number of nitrogens with zero attached hydrogens (tertiary/aromatic N) is 1. The summed E-state index contributed by atoms with van der Waals surface area (Å²) in [6.45, 7) is 12.7. The average Bonchev–Trinajstić information content (AvgIpc) is 2.21. The van der Waals surface area contributed by atoms with E-state index in [4.69, 9.17) is 4.74 Å². The zero-order valence-electron chi connectivity index (χ0n) is 12.5. The van der Waals surface area contributed by atoms with Gasteiger partial charge in [-0.2, -0.15) is 0 Å². The Kier molecular flexibility index (Phi) is 5.45. The Hall–Kier alpha value is -0.770. The molecule has 2 atom stereocenters. The quantitative estimate of drug-likeness (QED) is 0.784. The highest BCUT2D eigenvalue weighted by Gasteiger charge is 2.27. The van der Waals surface area contributed by atoms with Crippen LogP contribution in [0.2, 0.25) is 0 Å². The molecule has 0 radical (unpaired) electrons. The Morgan fingerprint density at radius 3 is 2.67 bits per heavy atom. The predicted molar refractivity (Wildman–Crippen MR) is 73.7 cm³/mol. The van der Waals surface area contributed by atoms with Gasteiger partial charge in [-0.15, -0.1) is 0 Å². The van der Waals surface area contributed by atoms with Gasteiger partial charge in [-0.25, -0.2) is 4.79 Å². The number of carbonyl (C=O) groups excluding carboxylic acids is 1. The van der Waals surface area contributed by atoms with Gasteiger partial charge in [-0.05, 0) is 46.1 Å². The van der Waals surface area contributed by atoms with Crippen LogP contribution >= 0.6 is 0 Å². The Labute approximate surface area is 111 Å². The van der Waals surface area contributed by atoms with Crippen LogP contribution < -0.4 is 5.32 Å². The SMILES string of the molecule is CCC1NCCCN(C(=O)OC(C)(C)C)CC1C. The lowest BCUT2D eigenvalue weighted by atomic mass is 9.97. The van der Waals surface area contributed by atoms with Gasteiger partial charge < -0.3 is 15.0 Å². The average molecular weight is 256 g/mol. The van der Waals surface area contributed by atoms with Crippen molar-refractivity contribution in [3.05, 3.63) is 0 Å².